The van der Waals surface area contributed by atoms with Gasteiger partial charge in [0.1, 0.15) is 12.3 Å². The second-order valence-corrected chi connectivity index (χ2v) is 6.12. The number of aromatic nitrogens is 1. The number of methoxy groups -OCH3 is 2. The van der Waals surface area contributed by atoms with E-state index in [0.29, 0.717) is 22.3 Å². The molecule has 0 saturated heterocycles. The largest absolute Gasteiger partial charge is 0.497 e. The van der Waals surface area contributed by atoms with Gasteiger partial charge in [-0.15, -0.1) is 0 Å². The summed E-state index contributed by atoms with van der Waals surface area (Å²) in [6, 6.07) is 5.13. The number of carbonyl (C=O) groups excluding carboxylic acids is 3. The van der Waals surface area contributed by atoms with Gasteiger partial charge in [-0.3, -0.25) is 14.6 Å². The molecule has 0 aliphatic carbocycles. The molecule has 0 aliphatic heterocycles. The summed E-state index contributed by atoms with van der Waals surface area (Å²) in [6.07, 6.45) is 2.96. The van der Waals surface area contributed by atoms with Crippen LogP contribution in [0.4, 0.5) is 0 Å². The molecule has 0 radical (unpaired) electrons. The number of ketones is 1. The highest BCUT2D eigenvalue weighted by Crippen LogP contribution is 2.27. The molecule has 2 N–H and O–H groups in total. The predicted molar refractivity (Wildman–Crippen MR) is 110 cm³/mol. The summed E-state index contributed by atoms with van der Waals surface area (Å²) >= 11 is 0. The highest BCUT2D eigenvalue weighted by atomic mass is 16.5. The number of nitrogens with zero attached hydrogens (tertiary/aromatic N) is 3. The van der Waals surface area contributed by atoms with Crippen LogP contribution in [0.1, 0.15) is 17.3 Å². The number of Topliss-reactive ketones (excluding diaryl/α,β-unsaturated/α-hetero) is 1. The van der Waals surface area contributed by atoms with Crippen LogP contribution in [0.2, 0.25) is 0 Å². The molecule has 0 amide bonds. The number of rotatable bonds is 10. The first kappa shape index (κ1) is 22.5. The first-order chi connectivity index (χ1) is 14.3. The number of allylic oxidation sites excluding steroid dienone is 1. The van der Waals surface area contributed by atoms with Gasteiger partial charge in [-0.2, -0.15) is 5.10 Å². The number of benzene rings is 1. The van der Waals surface area contributed by atoms with Crippen LogP contribution in [0.5, 0.6) is 5.75 Å². The van der Waals surface area contributed by atoms with E-state index in [0.717, 1.165) is 7.11 Å². The summed E-state index contributed by atoms with van der Waals surface area (Å²) in [5, 5.41) is 5.50. The summed E-state index contributed by atoms with van der Waals surface area (Å²) in [7, 11) is 2.64. The lowest BCUT2D eigenvalue weighted by Gasteiger charge is -2.14. The van der Waals surface area contributed by atoms with Crippen LogP contribution in [0.25, 0.3) is 10.9 Å². The van der Waals surface area contributed by atoms with Crippen molar-refractivity contribution in [3.63, 3.8) is 0 Å². The van der Waals surface area contributed by atoms with Gasteiger partial charge in [-0.05, 0) is 25.1 Å². The van der Waals surface area contributed by atoms with E-state index in [1.165, 1.54) is 24.5 Å². The second-order valence-electron chi connectivity index (χ2n) is 6.12. The van der Waals surface area contributed by atoms with Crippen LogP contribution in [0.15, 0.2) is 41.4 Å². The molecule has 160 valence electrons. The molecule has 1 aromatic heterocycles. The number of hydrogen-bond acceptors (Lipinski definition) is 9. The molecule has 2 rings (SSSR count). The fourth-order valence-corrected chi connectivity index (χ4v) is 2.82. The van der Waals surface area contributed by atoms with Crippen LogP contribution in [0.3, 0.4) is 0 Å². The number of esters is 2. The zero-order valence-corrected chi connectivity index (χ0v) is 17.1. The first-order valence-corrected chi connectivity index (χ1v) is 8.99. The van der Waals surface area contributed by atoms with Crippen molar-refractivity contribution in [3.05, 3.63) is 41.9 Å². The molecule has 0 spiro atoms. The smallest absolute Gasteiger partial charge is 0.379 e. The monoisotopic (exact) mass is 416 g/mol. The lowest BCUT2D eigenvalue weighted by atomic mass is 10.1. The maximum Gasteiger partial charge on any atom is 0.379 e. The van der Waals surface area contributed by atoms with E-state index in [2.05, 4.69) is 16.6 Å². The molecule has 0 unspecified atom stereocenters. The Bertz CT molecular complexity index is 995. The van der Waals surface area contributed by atoms with Crippen molar-refractivity contribution in [3.8, 4) is 5.75 Å². The first-order valence-electron chi connectivity index (χ1n) is 8.99. The molecule has 0 aliphatic rings. The lowest BCUT2D eigenvalue weighted by Crippen LogP contribution is -2.24. The molecule has 10 nitrogen and oxygen atoms in total. The summed E-state index contributed by atoms with van der Waals surface area (Å²) in [5.74, 6) is -1.71. The molecule has 0 fully saturated rings. The fourth-order valence-electron chi connectivity index (χ4n) is 2.82. The molecule has 10 heteroatoms. The average Bonchev–Trinajstić information content (AvgIpc) is 3.09. The SMILES string of the molecule is C=NN(/C=C(\N)Cn1cc(C(=O)C(=O)OC)c2cc(OC)ccc21)CC(=O)OCC. The van der Waals surface area contributed by atoms with Crippen LogP contribution >= 0.6 is 0 Å². The van der Waals surface area contributed by atoms with E-state index in [-0.39, 0.29) is 25.3 Å². The third-order valence-electron chi connectivity index (χ3n) is 4.15. The molecule has 1 aromatic carbocycles. The van der Waals surface area contributed by atoms with E-state index in [1.807, 2.05) is 0 Å². The molecule has 0 saturated carbocycles. The van der Waals surface area contributed by atoms with Gasteiger partial charge in [0.05, 0.1) is 32.9 Å². The number of ether oxygens (including phenoxy) is 3. The normalized spacial score (nSPS) is 11.1. The summed E-state index contributed by atoms with van der Waals surface area (Å²) in [5.41, 5.74) is 7.25. The Hall–Kier alpha value is -3.82. The van der Waals surface area contributed by atoms with Crippen molar-refractivity contribution in [2.75, 3.05) is 27.4 Å². The lowest BCUT2D eigenvalue weighted by molar-refractivity contribution is -0.143. The van der Waals surface area contributed by atoms with E-state index in [9.17, 15) is 14.4 Å². The van der Waals surface area contributed by atoms with Crippen LogP contribution < -0.4 is 10.5 Å². The summed E-state index contributed by atoms with van der Waals surface area (Å²) in [4.78, 5) is 35.8. The van der Waals surface area contributed by atoms with Crippen molar-refractivity contribution in [1.82, 2.24) is 9.58 Å². The van der Waals surface area contributed by atoms with Gasteiger partial charge < -0.3 is 24.5 Å². The van der Waals surface area contributed by atoms with Crippen molar-refractivity contribution in [2.24, 2.45) is 10.8 Å². The Kier molecular flexibility index (Phi) is 7.56. The number of fused-ring (bicyclic) bond motifs is 1. The Labute approximate surface area is 173 Å². The molecule has 0 atom stereocenters. The Balaban J connectivity index is 2.39. The van der Waals surface area contributed by atoms with Gasteiger partial charge in [0.15, 0.2) is 0 Å². The van der Waals surface area contributed by atoms with E-state index in [1.54, 1.807) is 29.7 Å². The Morgan fingerprint density at radius 3 is 2.63 bits per heavy atom. The minimum Gasteiger partial charge on any atom is -0.497 e. The van der Waals surface area contributed by atoms with Gasteiger partial charge in [0.25, 0.3) is 5.78 Å². The van der Waals surface area contributed by atoms with Crippen LogP contribution in [0, 0.1) is 0 Å². The molecule has 0 bridgehead atoms. The average molecular weight is 416 g/mol. The van der Waals surface area contributed by atoms with Gasteiger partial charge in [-0.1, -0.05) is 0 Å². The molecular weight excluding hydrogens is 392 g/mol. The molecule has 2 aromatic rings. The Morgan fingerprint density at radius 2 is 2.03 bits per heavy atom. The van der Waals surface area contributed by atoms with E-state index < -0.39 is 17.7 Å². The summed E-state index contributed by atoms with van der Waals surface area (Å²) in [6.45, 7) is 5.37. The topological polar surface area (TPSA) is 125 Å². The third kappa shape index (κ3) is 5.16. The number of hydrazone groups is 1. The second kappa shape index (κ2) is 10.1. The van der Waals surface area contributed by atoms with Crippen molar-refractivity contribution in [2.45, 2.75) is 13.5 Å². The molecular formula is C20H24N4O6. The zero-order valence-electron chi connectivity index (χ0n) is 17.1. The highest BCUT2D eigenvalue weighted by molar-refractivity contribution is 6.43. The predicted octanol–water partition coefficient (Wildman–Crippen LogP) is 1.29. The van der Waals surface area contributed by atoms with Gasteiger partial charge in [0, 0.05) is 35.7 Å². The van der Waals surface area contributed by atoms with Crippen LogP contribution in [-0.2, 0) is 25.6 Å². The van der Waals surface area contributed by atoms with Crippen molar-refractivity contribution in [1.29, 1.82) is 0 Å². The van der Waals surface area contributed by atoms with Gasteiger partial charge in [0.2, 0.25) is 0 Å². The summed E-state index contributed by atoms with van der Waals surface area (Å²) < 4.78 is 16.3. The highest BCUT2D eigenvalue weighted by Gasteiger charge is 2.23. The number of nitrogens with two attached hydrogens (primary N) is 1. The zero-order chi connectivity index (χ0) is 22.3. The van der Waals surface area contributed by atoms with E-state index >= 15 is 0 Å². The number of carbonyl (C=O) groups is 3. The minimum absolute atomic E-state index is 0.145. The van der Waals surface area contributed by atoms with Crippen molar-refractivity contribution < 1.29 is 28.6 Å². The standard InChI is InChI=1S/C20H24N4O6/c1-5-30-18(25)12-24(22-2)10-13(21)9-23-11-16(19(26)20(27)29-4)15-8-14(28-3)6-7-17(15)23/h6-8,10-11H,2,5,9,12,21H2,1,3-4H3/b13-10-. The van der Waals surface area contributed by atoms with Crippen LogP contribution in [-0.4, -0.2) is 61.4 Å². The maximum absolute atomic E-state index is 12.4. The fraction of sp³-hybridized carbons (Fsp3) is 0.300. The van der Waals surface area contributed by atoms with Gasteiger partial charge >= 0.3 is 11.9 Å². The third-order valence-corrected chi connectivity index (χ3v) is 4.15. The van der Waals surface area contributed by atoms with E-state index in [4.69, 9.17) is 15.2 Å². The van der Waals surface area contributed by atoms with Crippen molar-refractivity contribution >= 4 is 35.3 Å². The molecule has 30 heavy (non-hydrogen) atoms. The quantitative estimate of drug-likeness (QED) is 0.202. The van der Waals surface area contributed by atoms with Gasteiger partial charge in [-0.25, -0.2) is 4.79 Å². The maximum atomic E-state index is 12.4. The Morgan fingerprint density at radius 1 is 1.30 bits per heavy atom. The number of hydrogen-bond donors (Lipinski definition) is 1. The molecule has 1 heterocycles. The minimum atomic E-state index is -0.975.